The second-order valence-electron chi connectivity index (χ2n) is 9.06. The molecule has 0 saturated heterocycles. The highest BCUT2D eigenvalue weighted by Crippen LogP contribution is 2.29. The first-order valence-electron chi connectivity index (χ1n) is 11.9. The molecule has 5 nitrogen and oxygen atoms in total. The number of ether oxygens (including phenoxy) is 2. The smallest absolute Gasteiger partial charge is 0.144 e. The van der Waals surface area contributed by atoms with Crippen LogP contribution >= 0.6 is 0 Å². The molecule has 2 N–H and O–H groups in total. The van der Waals surface area contributed by atoms with Crippen molar-refractivity contribution >= 4 is 12.2 Å². The second kappa shape index (κ2) is 10.6. The van der Waals surface area contributed by atoms with Gasteiger partial charge in [0.15, 0.2) is 0 Å². The number of halogens is 2. The highest BCUT2D eigenvalue weighted by Gasteiger charge is 2.29. The van der Waals surface area contributed by atoms with Gasteiger partial charge in [0.05, 0.1) is 0 Å². The van der Waals surface area contributed by atoms with Crippen molar-refractivity contribution < 1.29 is 28.5 Å². The third-order valence-electron chi connectivity index (χ3n) is 6.30. The fourth-order valence-corrected chi connectivity index (χ4v) is 4.48. The third-order valence-corrected chi connectivity index (χ3v) is 6.30. The standard InChI is InChI=1S/C29H27F2NO4/c30-22-8-12-26-20(14-22)6-10-28(35-26)24(33)17-32(16-19-4-2-1-3-5-19)18-25(34)29-11-7-21-15-23(31)9-13-27(21)36-29/h1-15,24-25,28-29,33-34H,16-18H2/t24-,25?,28-,29-/m0/s1. The molecule has 186 valence electrons. The molecule has 2 aliphatic rings. The number of aliphatic hydroxyl groups is 2. The Morgan fingerprint density at radius 2 is 1.22 bits per heavy atom. The van der Waals surface area contributed by atoms with Crippen LogP contribution in [0.3, 0.4) is 0 Å². The van der Waals surface area contributed by atoms with Crippen LogP contribution in [-0.2, 0) is 6.54 Å². The molecule has 0 spiro atoms. The summed E-state index contributed by atoms with van der Waals surface area (Å²) in [6, 6.07) is 18.3. The molecule has 0 saturated carbocycles. The Labute approximate surface area is 208 Å². The zero-order valence-corrected chi connectivity index (χ0v) is 19.5. The highest BCUT2D eigenvalue weighted by atomic mass is 19.1. The predicted octanol–water partition coefficient (Wildman–Crippen LogP) is 4.44. The maximum atomic E-state index is 13.5. The van der Waals surface area contributed by atoms with Gasteiger partial charge in [0.25, 0.3) is 0 Å². The van der Waals surface area contributed by atoms with Gasteiger partial charge in [-0.1, -0.05) is 42.5 Å². The monoisotopic (exact) mass is 491 g/mol. The average Bonchev–Trinajstić information content (AvgIpc) is 2.88. The van der Waals surface area contributed by atoms with Crippen LogP contribution in [0.5, 0.6) is 11.5 Å². The van der Waals surface area contributed by atoms with Gasteiger partial charge in [0.2, 0.25) is 0 Å². The molecule has 5 rings (SSSR count). The van der Waals surface area contributed by atoms with Crippen molar-refractivity contribution in [3.63, 3.8) is 0 Å². The van der Waals surface area contributed by atoms with Crippen LogP contribution in [-0.4, -0.2) is 52.6 Å². The van der Waals surface area contributed by atoms with Crippen molar-refractivity contribution in [2.75, 3.05) is 13.1 Å². The zero-order valence-electron chi connectivity index (χ0n) is 19.5. The van der Waals surface area contributed by atoms with Gasteiger partial charge in [-0.2, -0.15) is 0 Å². The van der Waals surface area contributed by atoms with E-state index in [2.05, 4.69) is 0 Å². The summed E-state index contributed by atoms with van der Waals surface area (Å²) in [5.41, 5.74) is 2.27. The number of hydrogen-bond donors (Lipinski definition) is 2. The lowest BCUT2D eigenvalue weighted by atomic mass is 10.0. The molecule has 3 aromatic carbocycles. The minimum atomic E-state index is -0.901. The van der Waals surface area contributed by atoms with Crippen LogP contribution in [0.2, 0.25) is 0 Å². The first-order chi connectivity index (χ1) is 17.4. The van der Waals surface area contributed by atoms with E-state index in [1.165, 1.54) is 24.3 Å². The van der Waals surface area contributed by atoms with Crippen molar-refractivity contribution in [3.8, 4) is 11.5 Å². The topological polar surface area (TPSA) is 62.2 Å². The minimum absolute atomic E-state index is 0.218. The van der Waals surface area contributed by atoms with E-state index in [0.29, 0.717) is 29.2 Å². The molecule has 7 heteroatoms. The predicted molar refractivity (Wildman–Crippen MR) is 133 cm³/mol. The van der Waals surface area contributed by atoms with Crippen molar-refractivity contribution in [1.82, 2.24) is 4.90 Å². The van der Waals surface area contributed by atoms with Crippen molar-refractivity contribution in [3.05, 3.63) is 107 Å². The van der Waals surface area contributed by atoms with Crippen molar-refractivity contribution in [2.45, 2.75) is 31.0 Å². The molecule has 3 aromatic rings. The molecule has 2 heterocycles. The molecule has 0 fully saturated rings. The third kappa shape index (κ3) is 5.65. The summed E-state index contributed by atoms with van der Waals surface area (Å²) in [6.45, 7) is 0.927. The SMILES string of the molecule is OC(CN(Cc1ccccc1)C[C@H](O)[C@@H]1C=Cc2cc(F)ccc2O1)[C@@H]1C=Cc2cc(F)ccc2O1. The van der Waals surface area contributed by atoms with Crippen LogP contribution in [0.25, 0.3) is 12.2 Å². The summed E-state index contributed by atoms with van der Waals surface area (Å²) in [4.78, 5) is 1.94. The lowest BCUT2D eigenvalue weighted by Gasteiger charge is -2.33. The van der Waals surface area contributed by atoms with E-state index >= 15 is 0 Å². The van der Waals surface area contributed by atoms with E-state index in [1.807, 2.05) is 35.2 Å². The normalized spacial score (nSPS) is 19.7. The lowest BCUT2D eigenvalue weighted by Crippen LogP contribution is -2.46. The number of nitrogens with zero attached hydrogens (tertiary/aromatic N) is 1. The maximum absolute atomic E-state index is 13.5. The van der Waals surface area contributed by atoms with E-state index in [1.54, 1.807) is 36.4 Å². The Morgan fingerprint density at radius 3 is 1.72 bits per heavy atom. The van der Waals surface area contributed by atoms with E-state index < -0.39 is 24.4 Å². The summed E-state index contributed by atoms with van der Waals surface area (Å²) in [6.07, 6.45) is 3.88. The highest BCUT2D eigenvalue weighted by molar-refractivity contribution is 5.61. The Balaban J connectivity index is 1.28. The maximum Gasteiger partial charge on any atom is 0.144 e. The average molecular weight is 492 g/mol. The molecular weight excluding hydrogens is 464 g/mol. The summed E-state index contributed by atoms with van der Waals surface area (Å²) < 4.78 is 38.8. The van der Waals surface area contributed by atoms with Gasteiger partial charge in [-0.05, 0) is 54.1 Å². The molecule has 1 unspecified atom stereocenters. The fraction of sp³-hybridized carbons (Fsp3) is 0.241. The van der Waals surface area contributed by atoms with Crippen molar-refractivity contribution in [2.24, 2.45) is 0 Å². The van der Waals surface area contributed by atoms with Crippen molar-refractivity contribution in [1.29, 1.82) is 0 Å². The number of hydrogen-bond acceptors (Lipinski definition) is 5. The molecular formula is C29H27F2NO4. The van der Waals surface area contributed by atoms with E-state index in [9.17, 15) is 19.0 Å². The minimum Gasteiger partial charge on any atom is -0.483 e. The Bertz CT molecular complexity index is 1190. The fourth-order valence-electron chi connectivity index (χ4n) is 4.48. The Hall–Kier alpha value is -3.52. The lowest BCUT2D eigenvalue weighted by molar-refractivity contribution is -0.00267. The van der Waals surface area contributed by atoms with E-state index in [-0.39, 0.29) is 24.7 Å². The summed E-state index contributed by atoms with van der Waals surface area (Å²) >= 11 is 0. The first kappa shape index (κ1) is 24.2. The molecule has 0 amide bonds. The number of rotatable bonds is 8. The van der Waals surface area contributed by atoms with E-state index in [4.69, 9.17) is 9.47 Å². The molecule has 0 aliphatic carbocycles. The van der Waals surface area contributed by atoms with Crippen LogP contribution in [0.1, 0.15) is 16.7 Å². The van der Waals surface area contributed by atoms with Crippen LogP contribution in [0.15, 0.2) is 78.9 Å². The molecule has 0 aromatic heterocycles. The summed E-state index contributed by atoms with van der Waals surface area (Å²) in [5, 5.41) is 22.1. The number of aliphatic hydroxyl groups excluding tert-OH is 2. The van der Waals surface area contributed by atoms with Gasteiger partial charge >= 0.3 is 0 Å². The van der Waals surface area contributed by atoms with Gasteiger partial charge in [-0.15, -0.1) is 0 Å². The summed E-state index contributed by atoms with van der Waals surface area (Å²) in [7, 11) is 0. The molecule has 0 radical (unpaired) electrons. The number of benzene rings is 3. The van der Waals surface area contributed by atoms with Gasteiger partial charge in [0, 0.05) is 30.8 Å². The van der Waals surface area contributed by atoms with Crippen LogP contribution in [0, 0.1) is 11.6 Å². The molecule has 0 bridgehead atoms. The molecule has 2 aliphatic heterocycles. The first-order valence-corrected chi connectivity index (χ1v) is 11.9. The molecule has 4 atom stereocenters. The number of fused-ring (bicyclic) bond motifs is 2. The molecule has 36 heavy (non-hydrogen) atoms. The van der Waals surface area contributed by atoms with Gasteiger partial charge in [-0.3, -0.25) is 4.90 Å². The summed E-state index contributed by atoms with van der Waals surface area (Å²) in [5.74, 6) is 0.313. The second-order valence-corrected chi connectivity index (χ2v) is 9.06. The van der Waals surface area contributed by atoms with Crippen LogP contribution in [0.4, 0.5) is 8.78 Å². The van der Waals surface area contributed by atoms with Crippen LogP contribution < -0.4 is 9.47 Å². The largest absolute Gasteiger partial charge is 0.483 e. The van der Waals surface area contributed by atoms with Gasteiger partial charge in [-0.25, -0.2) is 8.78 Å². The van der Waals surface area contributed by atoms with Gasteiger partial charge < -0.3 is 19.7 Å². The zero-order chi connectivity index (χ0) is 25.1. The quantitative estimate of drug-likeness (QED) is 0.488. The Kier molecular flexibility index (Phi) is 7.13. The van der Waals surface area contributed by atoms with E-state index in [0.717, 1.165) is 5.56 Å². The van der Waals surface area contributed by atoms with Gasteiger partial charge in [0.1, 0.15) is 47.5 Å². The Morgan fingerprint density at radius 1 is 0.722 bits per heavy atom.